The van der Waals surface area contributed by atoms with Crippen LogP contribution in [0.5, 0.6) is 0 Å². The fourth-order valence-electron chi connectivity index (χ4n) is 1.22. The third-order valence-corrected chi connectivity index (χ3v) is 2.66. The molecule has 3 N–H and O–H groups in total. The minimum Gasteiger partial charge on any atom is -0.398 e. The number of nitrogens with two attached hydrogens (primary N) is 1. The molecule has 0 aliphatic heterocycles. The van der Waals surface area contributed by atoms with Gasteiger partial charge in [0.15, 0.2) is 5.13 Å². The second kappa shape index (κ2) is 4.28. The normalized spacial score (nSPS) is 10.1. The lowest BCUT2D eigenvalue weighted by atomic mass is 10.2. The monoisotopic (exact) mass is 234 g/mol. The highest BCUT2D eigenvalue weighted by molar-refractivity contribution is 7.13. The Kier molecular flexibility index (Phi) is 2.82. The molecule has 1 amide bonds. The summed E-state index contributed by atoms with van der Waals surface area (Å²) in [4.78, 5) is 19.8. The predicted molar refractivity (Wildman–Crippen MR) is 63.5 cm³/mol. The van der Waals surface area contributed by atoms with Crippen LogP contribution in [-0.4, -0.2) is 15.9 Å². The van der Waals surface area contributed by atoms with Crippen molar-refractivity contribution in [2.45, 2.75) is 6.92 Å². The zero-order valence-corrected chi connectivity index (χ0v) is 9.41. The lowest BCUT2D eigenvalue weighted by Crippen LogP contribution is -2.14. The average molecular weight is 234 g/mol. The minimum atomic E-state index is -0.292. The first-order valence-corrected chi connectivity index (χ1v) is 5.48. The molecule has 0 bridgehead atoms. The van der Waals surface area contributed by atoms with Crippen LogP contribution in [0.25, 0.3) is 0 Å². The number of carbonyl (C=O) groups excluding carboxylic acids is 1. The molecule has 0 atom stereocenters. The molecule has 5 nitrogen and oxygen atoms in total. The fraction of sp³-hybridized carbons (Fsp3) is 0.100. The Labute approximate surface area is 96.3 Å². The number of rotatable bonds is 2. The first kappa shape index (κ1) is 10.6. The molecule has 16 heavy (non-hydrogen) atoms. The summed E-state index contributed by atoms with van der Waals surface area (Å²) in [6, 6.07) is 1.66. The van der Waals surface area contributed by atoms with E-state index in [1.165, 1.54) is 17.5 Å². The Hall–Kier alpha value is -1.95. The number of nitrogen functional groups attached to an aromatic ring is 1. The number of hydrogen-bond acceptors (Lipinski definition) is 5. The van der Waals surface area contributed by atoms with Gasteiger partial charge in [0.1, 0.15) is 0 Å². The maximum Gasteiger partial charge on any atom is 0.261 e. The fourth-order valence-corrected chi connectivity index (χ4v) is 1.74. The molecule has 0 unspecified atom stereocenters. The molecular weight excluding hydrogens is 224 g/mol. The van der Waals surface area contributed by atoms with E-state index in [9.17, 15) is 4.79 Å². The molecule has 6 heteroatoms. The van der Waals surface area contributed by atoms with Gasteiger partial charge in [0.05, 0.1) is 5.56 Å². The molecule has 0 aliphatic rings. The van der Waals surface area contributed by atoms with Crippen molar-refractivity contribution in [1.82, 2.24) is 9.97 Å². The Morgan fingerprint density at radius 2 is 2.31 bits per heavy atom. The van der Waals surface area contributed by atoms with Crippen LogP contribution in [0.3, 0.4) is 0 Å². The van der Waals surface area contributed by atoms with E-state index in [0.29, 0.717) is 16.4 Å². The molecule has 2 aromatic rings. The van der Waals surface area contributed by atoms with Crippen LogP contribution in [0.1, 0.15) is 16.1 Å². The maximum atomic E-state index is 11.8. The van der Waals surface area contributed by atoms with Crippen molar-refractivity contribution in [1.29, 1.82) is 0 Å². The number of carbonyl (C=O) groups is 1. The summed E-state index contributed by atoms with van der Waals surface area (Å²) in [6.45, 7) is 1.82. The number of nitrogens with one attached hydrogen (secondary N) is 1. The van der Waals surface area contributed by atoms with E-state index >= 15 is 0 Å². The zero-order chi connectivity index (χ0) is 11.5. The van der Waals surface area contributed by atoms with Crippen molar-refractivity contribution < 1.29 is 4.79 Å². The van der Waals surface area contributed by atoms with E-state index in [2.05, 4.69) is 15.3 Å². The molecule has 2 rings (SSSR count). The lowest BCUT2D eigenvalue weighted by molar-refractivity contribution is 0.102. The van der Waals surface area contributed by atoms with Crippen LogP contribution < -0.4 is 11.1 Å². The molecule has 0 saturated carbocycles. The number of aromatic nitrogens is 2. The molecule has 2 aromatic heterocycles. The van der Waals surface area contributed by atoms with Crippen LogP contribution in [0.2, 0.25) is 0 Å². The van der Waals surface area contributed by atoms with E-state index in [1.54, 1.807) is 17.6 Å². The van der Waals surface area contributed by atoms with Crippen LogP contribution in [0.15, 0.2) is 23.8 Å². The van der Waals surface area contributed by atoms with E-state index in [4.69, 9.17) is 5.73 Å². The van der Waals surface area contributed by atoms with Gasteiger partial charge in [-0.1, -0.05) is 0 Å². The van der Waals surface area contributed by atoms with E-state index in [-0.39, 0.29) is 5.91 Å². The number of hydrogen-bond donors (Lipinski definition) is 2. The molecule has 2 heterocycles. The number of anilines is 2. The van der Waals surface area contributed by atoms with Gasteiger partial charge in [-0.25, -0.2) is 4.98 Å². The van der Waals surface area contributed by atoms with Crippen LogP contribution in [0.4, 0.5) is 10.8 Å². The summed E-state index contributed by atoms with van der Waals surface area (Å²) in [7, 11) is 0. The van der Waals surface area contributed by atoms with Crippen LogP contribution in [-0.2, 0) is 0 Å². The maximum absolute atomic E-state index is 11.8. The van der Waals surface area contributed by atoms with Gasteiger partial charge in [-0.2, -0.15) is 0 Å². The summed E-state index contributed by atoms with van der Waals surface area (Å²) >= 11 is 1.35. The molecule has 0 aliphatic carbocycles. The zero-order valence-electron chi connectivity index (χ0n) is 8.60. The summed E-state index contributed by atoms with van der Waals surface area (Å²) < 4.78 is 0. The minimum absolute atomic E-state index is 0.292. The number of aryl methyl sites for hydroxylation is 1. The predicted octanol–water partition coefficient (Wildman–Crippen LogP) is 1.68. The third kappa shape index (κ3) is 2.17. The first-order chi connectivity index (χ1) is 7.66. The van der Waals surface area contributed by atoms with Crippen molar-refractivity contribution in [2.75, 3.05) is 11.1 Å². The number of nitrogens with zero attached hydrogens (tertiary/aromatic N) is 2. The summed E-state index contributed by atoms with van der Waals surface area (Å²) in [5.74, 6) is -0.292. The van der Waals surface area contributed by atoms with Crippen LogP contribution >= 0.6 is 11.3 Å². The second-order valence-corrected chi connectivity index (χ2v) is 4.10. The van der Waals surface area contributed by atoms with Crippen molar-refractivity contribution >= 4 is 28.1 Å². The summed E-state index contributed by atoms with van der Waals surface area (Å²) in [5, 5.41) is 4.98. The quantitative estimate of drug-likeness (QED) is 0.828. The Morgan fingerprint density at radius 3 is 2.94 bits per heavy atom. The van der Waals surface area contributed by atoms with E-state index < -0.39 is 0 Å². The van der Waals surface area contributed by atoms with Gasteiger partial charge in [0, 0.05) is 29.2 Å². The number of pyridine rings is 1. The molecule has 0 spiro atoms. The molecule has 82 valence electrons. The van der Waals surface area contributed by atoms with Crippen molar-refractivity contribution in [3.63, 3.8) is 0 Å². The average Bonchev–Trinajstić information content (AvgIpc) is 2.70. The van der Waals surface area contributed by atoms with Gasteiger partial charge in [-0.05, 0) is 13.0 Å². The molecule has 0 saturated heterocycles. The van der Waals surface area contributed by atoms with Crippen molar-refractivity contribution in [2.24, 2.45) is 0 Å². The summed E-state index contributed by atoms with van der Waals surface area (Å²) in [6.07, 6.45) is 3.09. The highest BCUT2D eigenvalue weighted by Gasteiger charge is 2.11. The SMILES string of the molecule is Cc1cc(N)c(C(=O)Nc2nccs2)cn1. The smallest absolute Gasteiger partial charge is 0.261 e. The van der Waals surface area contributed by atoms with Gasteiger partial charge >= 0.3 is 0 Å². The van der Waals surface area contributed by atoms with Crippen molar-refractivity contribution in [3.05, 3.63) is 35.1 Å². The second-order valence-electron chi connectivity index (χ2n) is 3.20. The topological polar surface area (TPSA) is 80.9 Å². The first-order valence-electron chi connectivity index (χ1n) is 4.60. The number of thiazole rings is 1. The van der Waals surface area contributed by atoms with Gasteiger partial charge in [0.2, 0.25) is 0 Å². The standard InChI is InChI=1S/C10H10N4OS/c1-6-4-8(11)7(5-13-6)9(15)14-10-12-2-3-16-10/h2-5H,1H3,(H2,11,13)(H,12,14,15). The number of amides is 1. The third-order valence-electron chi connectivity index (χ3n) is 1.97. The molecular formula is C10H10N4OS. The highest BCUT2D eigenvalue weighted by Crippen LogP contribution is 2.15. The highest BCUT2D eigenvalue weighted by atomic mass is 32.1. The van der Waals surface area contributed by atoms with Gasteiger partial charge in [-0.3, -0.25) is 15.1 Å². The van der Waals surface area contributed by atoms with Gasteiger partial charge < -0.3 is 5.73 Å². The lowest BCUT2D eigenvalue weighted by Gasteiger charge is -2.05. The molecule has 0 radical (unpaired) electrons. The van der Waals surface area contributed by atoms with Crippen LogP contribution in [0, 0.1) is 6.92 Å². The largest absolute Gasteiger partial charge is 0.398 e. The Bertz CT molecular complexity index is 510. The summed E-state index contributed by atoms with van der Waals surface area (Å²) in [5.41, 5.74) is 7.29. The Balaban J connectivity index is 2.21. The molecule has 0 fully saturated rings. The molecule has 0 aromatic carbocycles. The van der Waals surface area contributed by atoms with E-state index in [1.807, 2.05) is 6.92 Å². The Morgan fingerprint density at radius 1 is 1.50 bits per heavy atom. The van der Waals surface area contributed by atoms with Gasteiger partial charge in [0.25, 0.3) is 5.91 Å². The van der Waals surface area contributed by atoms with Crippen molar-refractivity contribution in [3.8, 4) is 0 Å². The van der Waals surface area contributed by atoms with Gasteiger partial charge in [-0.15, -0.1) is 11.3 Å². The van der Waals surface area contributed by atoms with E-state index in [0.717, 1.165) is 5.69 Å².